The van der Waals surface area contributed by atoms with Gasteiger partial charge < -0.3 is 10.4 Å². The van der Waals surface area contributed by atoms with Gasteiger partial charge in [0, 0.05) is 11.6 Å². The molecule has 1 aromatic rings. The van der Waals surface area contributed by atoms with Crippen molar-refractivity contribution < 1.29 is 23.1 Å². The highest BCUT2D eigenvalue weighted by Crippen LogP contribution is 2.22. The quantitative estimate of drug-likeness (QED) is 0.684. The molecule has 126 valence electrons. The standard InChI is InChI=1S/C15H20N2O5S/c1-9(2)13(15(19)20)16-14(18)10-3-7-12(8-4-10)23(21,22)17-11-5-6-11/h3-4,7-9,11,13,17H,5-6H2,1-2H3,(H,16,18)(H,19,20)/t13-/m0/s1. The lowest BCUT2D eigenvalue weighted by Gasteiger charge is -2.18. The molecule has 0 aliphatic heterocycles. The van der Waals surface area contributed by atoms with Crippen molar-refractivity contribution in [2.45, 2.75) is 43.7 Å². The molecule has 23 heavy (non-hydrogen) atoms. The molecule has 1 aromatic carbocycles. The van der Waals surface area contributed by atoms with Gasteiger partial charge in [-0.05, 0) is 43.0 Å². The second kappa shape index (κ2) is 6.67. The van der Waals surface area contributed by atoms with Crippen molar-refractivity contribution in [3.63, 3.8) is 0 Å². The Morgan fingerprint density at radius 1 is 1.17 bits per heavy atom. The van der Waals surface area contributed by atoms with E-state index in [9.17, 15) is 18.0 Å². The van der Waals surface area contributed by atoms with Gasteiger partial charge in [-0.3, -0.25) is 4.79 Å². The van der Waals surface area contributed by atoms with Crippen LogP contribution in [0.15, 0.2) is 29.2 Å². The zero-order chi connectivity index (χ0) is 17.2. The van der Waals surface area contributed by atoms with E-state index < -0.39 is 27.9 Å². The van der Waals surface area contributed by atoms with E-state index in [-0.39, 0.29) is 22.4 Å². The number of hydrogen-bond acceptors (Lipinski definition) is 4. The fourth-order valence-corrected chi connectivity index (χ4v) is 3.32. The van der Waals surface area contributed by atoms with Crippen molar-refractivity contribution in [1.82, 2.24) is 10.0 Å². The Morgan fingerprint density at radius 3 is 2.17 bits per heavy atom. The number of amides is 1. The molecule has 1 saturated carbocycles. The summed E-state index contributed by atoms with van der Waals surface area (Å²) >= 11 is 0. The number of sulfonamides is 1. The monoisotopic (exact) mass is 340 g/mol. The van der Waals surface area contributed by atoms with Crippen molar-refractivity contribution in [3.05, 3.63) is 29.8 Å². The van der Waals surface area contributed by atoms with Crippen molar-refractivity contribution in [1.29, 1.82) is 0 Å². The molecule has 1 amide bonds. The SMILES string of the molecule is CC(C)[C@H](NC(=O)c1ccc(S(=O)(=O)NC2CC2)cc1)C(=O)O. The summed E-state index contributed by atoms with van der Waals surface area (Å²) < 4.78 is 26.6. The van der Waals surface area contributed by atoms with Crippen LogP contribution in [0.5, 0.6) is 0 Å². The highest BCUT2D eigenvalue weighted by molar-refractivity contribution is 7.89. The topological polar surface area (TPSA) is 113 Å². The van der Waals surface area contributed by atoms with Crippen LogP contribution >= 0.6 is 0 Å². The maximum atomic E-state index is 12.1. The second-order valence-electron chi connectivity index (χ2n) is 5.95. The number of carbonyl (C=O) groups excluding carboxylic acids is 1. The highest BCUT2D eigenvalue weighted by atomic mass is 32.2. The number of aliphatic carboxylic acids is 1. The molecule has 0 spiro atoms. The van der Waals surface area contributed by atoms with Gasteiger partial charge in [0.25, 0.3) is 5.91 Å². The number of carboxylic acids is 1. The Kier molecular flexibility index (Phi) is 5.06. The smallest absolute Gasteiger partial charge is 0.326 e. The summed E-state index contributed by atoms with van der Waals surface area (Å²) in [5.74, 6) is -1.93. The molecular formula is C15H20N2O5S. The number of nitrogens with one attached hydrogen (secondary N) is 2. The molecule has 0 radical (unpaired) electrons. The van der Waals surface area contributed by atoms with Crippen molar-refractivity contribution in [2.75, 3.05) is 0 Å². The summed E-state index contributed by atoms with van der Waals surface area (Å²) in [6.07, 6.45) is 1.68. The van der Waals surface area contributed by atoms with Gasteiger partial charge in [-0.2, -0.15) is 0 Å². The fourth-order valence-electron chi connectivity index (χ4n) is 2.01. The van der Waals surface area contributed by atoms with Crippen LogP contribution in [-0.2, 0) is 14.8 Å². The highest BCUT2D eigenvalue weighted by Gasteiger charge is 2.28. The van der Waals surface area contributed by atoms with E-state index in [4.69, 9.17) is 5.11 Å². The van der Waals surface area contributed by atoms with Gasteiger partial charge in [0.2, 0.25) is 10.0 Å². The van der Waals surface area contributed by atoms with Gasteiger partial charge in [-0.1, -0.05) is 13.8 Å². The number of benzene rings is 1. The predicted molar refractivity (Wildman–Crippen MR) is 83.5 cm³/mol. The molecule has 1 fully saturated rings. The normalized spacial score (nSPS) is 16.1. The lowest BCUT2D eigenvalue weighted by Crippen LogP contribution is -2.44. The van der Waals surface area contributed by atoms with Crippen molar-refractivity contribution in [2.24, 2.45) is 5.92 Å². The third-order valence-electron chi connectivity index (χ3n) is 3.55. The Labute approximate surface area is 135 Å². The summed E-state index contributed by atoms with van der Waals surface area (Å²) in [4.78, 5) is 23.3. The third-order valence-corrected chi connectivity index (χ3v) is 5.08. The van der Waals surface area contributed by atoms with E-state index in [0.717, 1.165) is 12.8 Å². The zero-order valence-electron chi connectivity index (χ0n) is 12.9. The van der Waals surface area contributed by atoms with Gasteiger partial charge in [0.1, 0.15) is 6.04 Å². The van der Waals surface area contributed by atoms with Crippen LogP contribution in [-0.4, -0.2) is 37.5 Å². The number of carbonyl (C=O) groups is 2. The first-order valence-electron chi connectivity index (χ1n) is 7.37. The van der Waals surface area contributed by atoms with Crippen LogP contribution in [0.2, 0.25) is 0 Å². The fraction of sp³-hybridized carbons (Fsp3) is 0.467. The molecule has 1 aliphatic carbocycles. The molecule has 0 saturated heterocycles. The molecule has 8 heteroatoms. The van der Waals surface area contributed by atoms with E-state index in [1.54, 1.807) is 13.8 Å². The minimum absolute atomic E-state index is 0.00495. The molecule has 1 atom stereocenters. The lowest BCUT2D eigenvalue weighted by atomic mass is 10.0. The summed E-state index contributed by atoms with van der Waals surface area (Å²) in [7, 11) is -3.57. The van der Waals surface area contributed by atoms with Gasteiger partial charge in [-0.25, -0.2) is 17.9 Å². The second-order valence-corrected chi connectivity index (χ2v) is 7.67. The average Bonchev–Trinajstić information content (AvgIpc) is 3.27. The lowest BCUT2D eigenvalue weighted by molar-refractivity contribution is -0.140. The van der Waals surface area contributed by atoms with E-state index in [2.05, 4.69) is 10.0 Å². The Bertz CT molecular complexity index is 693. The Balaban J connectivity index is 2.09. The molecule has 7 nitrogen and oxygen atoms in total. The first-order chi connectivity index (χ1) is 10.7. The molecular weight excluding hydrogens is 320 g/mol. The molecule has 0 bridgehead atoms. The molecule has 0 aromatic heterocycles. The average molecular weight is 340 g/mol. The molecule has 0 heterocycles. The Morgan fingerprint density at radius 2 is 1.74 bits per heavy atom. The van der Waals surface area contributed by atoms with E-state index in [1.165, 1.54) is 24.3 Å². The molecule has 3 N–H and O–H groups in total. The van der Waals surface area contributed by atoms with Gasteiger partial charge in [-0.15, -0.1) is 0 Å². The maximum absolute atomic E-state index is 12.1. The van der Waals surface area contributed by atoms with Gasteiger partial charge in [0.05, 0.1) is 4.90 Å². The van der Waals surface area contributed by atoms with Crippen molar-refractivity contribution in [3.8, 4) is 0 Å². The third kappa shape index (κ3) is 4.52. The number of hydrogen-bond donors (Lipinski definition) is 3. The molecule has 1 aliphatic rings. The molecule has 2 rings (SSSR count). The van der Waals surface area contributed by atoms with Crippen LogP contribution in [0.4, 0.5) is 0 Å². The van der Waals surface area contributed by atoms with Gasteiger partial charge >= 0.3 is 5.97 Å². The van der Waals surface area contributed by atoms with E-state index in [1.807, 2.05) is 0 Å². The van der Waals surface area contributed by atoms with Gasteiger partial charge in [0.15, 0.2) is 0 Å². The van der Waals surface area contributed by atoms with Crippen LogP contribution in [0.1, 0.15) is 37.0 Å². The summed E-state index contributed by atoms with van der Waals surface area (Å²) in [6.45, 7) is 3.39. The minimum atomic E-state index is -3.57. The summed E-state index contributed by atoms with van der Waals surface area (Å²) in [5.41, 5.74) is 0.210. The largest absolute Gasteiger partial charge is 0.480 e. The minimum Gasteiger partial charge on any atom is -0.480 e. The summed E-state index contributed by atoms with van der Waals surface area (Å²) in [5, 5.41) is 11.5. The van der Waals surface area contributed by atoms with Crippen LogP contribution in [0.25, 0.3) is 0 Å². The molecule has 0 unspecified atom stereocenters. The first kappa shape index (κ1) is 17.4. The van der Waals surface area contributed by atoms with Crippen molar-refractivity contribution >= 4 is 21.9 Å². The van der Waals surface area contributed by atoms with E-state index in [0.29, 0.717) is 0 Å². The first-order valence-corrected chi connectivity index (χ1v) is 8.85. The summed E-state index contributed by atoms with van der Waals surface area (Å²) in [6, 6.07) is 4.43. The van der Waals surface area contributed by atoms with E-state index >= 15 is 0 Å². The number of carboxylic acid groups (broad SMARTS) is 1. The van der Waals surface area contributed by atoms with Crippen LogP contribution in [0, 0.1) is 5.92 Å². The van der Waals surface area contributed by atoms with Crippen LogP contribution < -0.4 is 10.0 Å². The zero-order valence-corrected chi connectivity index (χ0v) is 13.8. The Hall–Kier alpha value is -1.93. The van der Waals surface area contributed by atoms with Crippen LogP contribution in [0.3, 0.4) is 0 Å². The predicted octanol–water partition coefficient (Wildman–Crippen LogP) is 0.966. The number of rotatable bonds is 7. The maximum Gasteiger partial charge on any atom is 0.326 e.